The van der Waals surface area contributed by atoms with E-state index in [0.717, 1.165) is 5.56 Å². The molecule has 0 aliphatic rings. The minimum atomic E-state index is -0.510. The average Bonchev–Trinajstić information content (AvgIpc) is 3.20. The van der Waals surface area contributed by atoms with E-state index >= 15 is 0 Å². The minimum Gasteiger partial charge on any atom is -0.493 e. The van der Waals surface area contributed by atoms with Crippen LogP contribution in [0.25, 0.3) is 11.5 Å². The zero-order valence-corrected chi connectivity index (χ0v) is 16.3. The summed E-state index contributed by atoms with van der Waals surface area (Å²) in [5.74, 6) is 1.81. The molecular formula is C19H19N3O7. The highest BCUT2D eigenvalue weighted by molar-refractivity contribution is 5.65. The highest BCUT2D eigenvalue weighted by Gasteiger charge is 2.19. The van der Waals surface area contributed by atoms with E-state index in [-0.39, 0.29) is 29.8 Å². The Morgan fingerprint density at radius 1 is 1.00 bits per heavy atom. The summed E-state index contributed by atoms with van der Waals surface area (Å²) in [7, 11) is 4.51. The third-order valence-corrected chi connectivity index (χ3v) is 4.04. The average molecular weight is 401 g/mol. The normalized spacial score (nSPS) is 10.5. The standard InChI is InChI=1S/C19H19N3O7/c1-11-5-6-13(22(23)24)14(7-11)28-10-17-20-21-19(29-17)12-8-15(25-2)18(27-4)16(9-12)26-3/h5-9H,10H2,1-4H3. The van der Waals surface area contributed by atoms with Crippen molar-refractivity contribution in [2.24, 2.45) is 0 Å². The number of ether oxygens (including phenoxy) is 4. The molecule has 0 aliphatic heterocycles. The van der Waals surface area contributed by atoms with Crippen molar-refractivity contribution in [1.29, 1.82) is 0 Å². The van der Waals surface area contributed by atoms with Crippen LogP contribution >= 0.6 is 0 Å². The van der Waals surface area contributed by atoms with Crippen LogP contribution in [0.2, 0.25) is 0 Å². The molecule has 0 saturated carbocycles. The third kappa shape index (κ3) is 4.21. The lowest BCUT2D eigenvalue weighted by atomic mass is 10.2. The van der Waals surface area contributed by atoms with Gasteiger partial charge < -0.3 is 23.4 Å². The predicted molar refractivity (Wildman–Crippen MR) is 102 cm³/mol. The van der Waals surface area contributed by atoms with E-state index in [4.69, 9.17) is 23.4 Å². The van der Waals surface area contributed by atoms with Crippen LogP contribution in [0.5, 0.6) is 23.0 Å². The first-order valence-electron chi connectivity index (χ1n) is 8.47. The minimum absolute atomic E-state index is 0.123. The number of methoxy groups -OCH3 is 3. The van der Waals surface area contributed by atoms with E-state index in [9.17, 15) is 10.1 Å². The Kier molecular flexibility index (Phi) is 5.82. The van der Waals surface area contributed by atoms with Gasteiger partial charge in [0.15, 0.2) is 23.9 Å². The van der Waals surface area contributed by atoms with Gasteiger partial charge in [0.25, 0.3) is 5.89 Å². The van der Waals surface area contributed by atoms with E-state index in [0.29, 0.717) is 22.8 Å². The summed E-state index contributed by atoms with van der Waals surface area (Å²) in [6.45, 7) is 1.69. The van der Waals surface area contributed by atoms with Crippen molar-refractivity contribution in [2.75, 3.05) is 21.3 Å². The molecule has 3 aromatic rings. The van der Waals surface area contributed by atoms with Crippen molar-refractivity contribution in [2.45, 2.75) is 13.5 Å². The smallest absolute Gasteiger partial charge is 0.310 e. The van der Waals surface area contributed by atoms with Gasteiger partial charge >= 0.3 is 5.69 Å². The molecule has 0 unspecified atom stereocenters. The van der Waals surface area contributed by atoms with Crippen LogP contribution in [0.15, 0.2) is 34.7 Å². The van der Waals surface area contributed by atoms with Crippen molar-refractivity contribution in [3.63, 3.8) is 0 Å². The highest BCUT2D eigenvalue weighted by atomic mass is 16.6. The number of nitrogens with zero attached hydrogens (tertiary/aromatic N) is 3. The summed E-state index contributed by atoms with van der Waals surface area (Å²) in [6, 6.07) is 7.95. The topological polar surface area (TPSA) is 119 Å². The Morgan fingerprint density at radius 3 is 2.28 bits per heavy atom. The number of hydrogen-bond acceptors (Lipinski definition) is 9. The summed E-state index contributed by atoms with van der Waals surface area (Å²) >= 11 is 0. The molecule has 3 rings (SSSR count). The lowest BCUT2D eigenvalue weighted by molar-refractivity contribution is -0.386. The maximum atomic E-state index is 11.1. The van der Waals surface area contributed by atoms with Gasteiger partial charge in [-0.25, -0.2) is 0 Å². The molecule has 0 fully saturated rings. The summed E-state index contributed by atoms with van der Waals surface area (Å²) < 4.78 is 27.1. The van der Waals surface area contributed by atoms with Gasteiger partial charge in [0.05, 0.1) is 26.3 Å². The predicted octanol–water partition coefficient (Wildman–Crippen LogP) is 3.56. The van der Waals surface area contributed by atoms with E-state index in [1.807, 2.05) is 6.92 Å². The van der Waals surface area contributed by atoms with Crippen molar-refractivity contribution >= 4 is 5.69 Å². The van der Waals surface area contributed by atoms with Crippen molar-refractivity contribution in [3.05, 3.63) is 51.9 Å². The van der Waals surface area contributed by atoms with Crippen LogP contribution in [0.4, 0.5) is 5.69 Å². The molecule has 0 atom stereocenters. The van der Waals surface area contributed by atoms with Crippen molar-refractivity contribution < 1.29 is 28.3 Å². The van der Waals surface area contributed by atoms with Gasteiger partial charge in [0.2, 0.25) is 11.6 Å². The first-order chi connectivity index (χ1) is 14.0. The first-order valence-corrected chi connectivity index (χ1v) is 8.47. The van der Waals surface area contributed by atoms with Gasteiger partial charge in [0, 0.05) is 11.6 Å². The summed E-state index contributed by atoms with van der Waals surface area (Å²) in [6.07, 6.45) is 0. The maximum Gasteiger partial charge on any atom is 0.310 e. The molecule has 0 bridgehead atoms. The molecule has 0 aliphatic carbocycles. The van der Waals surface area contributed by atoms with Crippen LogP contribution in [-0.4, -0.2) is 36.5 Å². The van der Waals surface area contributed by atoms with Gasteiger partial charge in [-0.15, -0.1) is 10.2 Å². The molecular weight excluding hydrogens is 382 g/mol. The molecule has 10 nitrogen and oxygen atoms in total. The number of aromatic nitrogens is 2. The quantitative estimate of drug-likeness (QED) is 0.412. The van der Waals surface area contributed by atoms with Crippen molar-refractivity contribution in [1.82, 2.24) is 10.2 Å². The molecule has 0 saturated heterocycles. The monoisotopic (exact) mass is 401 g/mol. The lowest BCUT2D eigenvalue weighted by Crippen LogP contribution is -1.99. The first kappa shape index (κ1) is 19.9. The second-order valence-corrected chi connectivity index (χ2v) is 5.93. The van der Waals surface area contributed by atoms with E-state index < -0.39 is 4.92 Å². The Bertz CT molecular complexity index is 1010. The second-order valence-electron chi connectivity index (χ2n) is 5.93. The zero-order chi connectivity index (χ0) is 21.0. The number of nitro groups is 1. The van der Waals surface area contributed by atoms with Crippen LogP contribution in [0, 0.1) is 17.0 Å². The maximum absolute atomic E-state index is 11.1. The zero-order valence-electron chi connectivity index (χ0n) is 16.3. The molecule has 1 heterocycles. The van der Waals surface area contributed by atoms with Gasteiger partial charge in [0.1, 0.15) is 0 Å². The molecule has 152 valence electrons. The number of rotatable bonds is 8. The number of benzene rings is 2. The fourth-order valence-electron chi connectivity index (χ4n) is 2.66. The number of aryl methyl sites for hydroxylation is 1. The Balaban J connectivity index is 1.84. The summed E-state index contributed by atoms with van der Waals surface area (Å²) in [5.41, 5.74) is 1.24. The Hall–Kier alpha value is -3.82. The van der Waals surface area contributed by atoms with Crippen LogP contribution in [0.3, 0.4) is 0 Å². The fraction of sp³-hybridized carbons (Fsp3) is 0.263. The molecule has 1 aromatic heterocycles. The Labute approximate surface area is 166 Å². The van der Waals surface area contributed by atoms with Crippen LogP contribution in [0.1, 0.15) is 11.5 Å². The molecule has 29 heavy (non-hydrogen) atoms. The summed E-state index contributed by atoms with van der Waals surface area (Å²) in [5, 5.41) is 19.1. The van der Waals surface area contributed by atoms with E-state index in [1.54, 1.807) is 24.3 Å². The van der Waals surface area contributed by atoms with E-state index in [2.05, 4.69) is 10.2 Å². The molecule has 10 heteroatoms. The molecule has 0 amide bonds. The molecule has 0 N–H and O–H groups in total. The molecule has 2 aromatic carbocycles. The molecule has 0 radical (unpaired) electrons. The third-order valence-electron chi connectivity index (χ3n) is 4.04. The fourth-order valence-corrected chi connectivity index (χ4v) is 2.66. The number of hydrogen-bond donors (Lipinski definition) is 0. The highest BCUT2D eigenvalue weighted by Crippen LogP contribution is 2.41. The second kappa shape index (κ2) is 8.46. The van der Waals surface area contributed by atoms with Gasteiger partial charge in [-0.2, -0.15) is 0 Å². The van der Waals surface area contributed by atoms with Gasteiger partial charge in [-0.3, -0.25) is 10.1 Å². The van der Waals surface area contributed by atoms with Crippen LogP contribution < -0.4 is 18.9 Å². The number of nitro benzene ring substituents is 1. The van der Waals surface area contributed by atoms with Crippen LogP contribution in [-0.2, 0) is 6.61 Å². The van der Waals surface area contributed by atoms with Gasteiger partial charge in [-0.1, -0.05) is 6.07 Å². The molecule has 0 spiro atoms. The SMILES string of the molecule is COc1cc(-c2nnc(COc3cc(C)ccc3[N+](=O)[O-])o2)cc(OC)c1OC. The van der Waals surface area contributed by atoms with Crippen molar-refractivity contribution in [3.8, 4) is 34.5 Å². The largest absolute Gasteiger partial charge is 0.493 e. The Morgan fingerprint density at radius 2 is 1.69 bits per heavy atom. The van der Waals surface area contributed by atoms with Gasteiger partial charge in [-0.05, 0) is 30.7 Å². The van der Waals surface area contributed by atoms with E-state index in [1.165, 1.54) is 27.4 Å². The summed E-state index contributed by atoms with van der Waals surface area (Å²) in [4.78, 5) is 10.6. The lowest BCUT2D eigenvalue weighted by Gasteiger charge is -2.12.